The van der Waals surface area contributed by atoms with E-state index in [9.17, 15) is 4.79 Å². The number of aromatic nitrogens is 2. The first-order valence-corrected chi connectivity index (χ1v) is 5.83. The van der Waals surface area contributed by atoms with E-state index in [0.29, 0.717) is 13.0 Å². The Kier molecular flexibility index (Phi) is 3.93. The van der Waals surface area contributed by atoms with Crippen molar-refractivity contribution in [3.8, 4) is 0 Å². The van der Waals surface area contributed by atoms with Crippen molar-refractivity contribution in [2.45, 2.75) is 25.8 Å². The Labute approximate surface area is 95.2 Å². The lowest BCUT2D eigenvalue weighted by atomic mass is 10.3. The second-order valence-corrected chi connectivity index (χ2v) is 4.05. The molecule has 1 fully saturated rings. The number of H-pyrrole nitrogens is 1. The summed E-state index contributed by atoms with van der Waals surface area (Å²) in [5, 5.41) is 3.20. The molecule has 0 radical (unpaired) electrons. The van der Waals surface area contributed by atoms with E-state index < -0.39 is 0 Å². The van der Waals surface area contributed by atoms with Crippen molar-refractivity contribution in [1.29, 1.82) is 0 Å². The summed E-state index contributed by atoms with van der Waals surface area (Å²) in [7, 11) is 0. The van der Waals surface area contributed by atoms with Gasteiger partial charge in [-0.15, -0.1) is 0 Å². The number of rotatable bonds is 5. The SMILES string of the molecule is O=C(CCNCc1ncc[nH]1)N1CCCC1. The summed E-state index contributed by atoms with van der Waals surface area (Å²) in [4.78, 5) is 20.7. The molecule has 1 saturated heterocycles. The molecule has 2 N–H and O–H groups in total. The monoisotopic (exact) mass is 222 g/mol. The van der Waals surface area contributed by atoms with Gasteiger partial charge < -0.3 is 15.2 Å². The maximum atomic E-state index is 11.7. The van der Waals surface area contributed by atoms with E-state index in [-0.39, 0.29) is 5.91 Å². The standard InChI is InChI=1S/C11H18N4O/c16-11(15-7-1-2-8-15)3-4-12-9-10-13-5-6-14-10/h5-6,12H,1-4,7-9H2,(H,13,14). The minimum absolute atomic E-state index is 0.268. The maximum absolute atomic E-state index is 11.7. The lowest BCUT2D eigenvalue weighted by molar-refractivity contribution is -0.130. The molecule has 1 aromatic rings. The average Bonchev–Trinajstić information content (AvgIpc) is 2.96. The molecule has 0 unspecified atom stereocenters. The van der Waals surface area contributed by atoms with Crippen LogP contribution in [-0.2, 0) is 11.3 Å². The lowest BCUT2D eigenvalue weighted by Gasteiger charge is -2.14. The van der Waals surface area contributed by atoms with Crippen molar-refractivity contribution in [1.82, 2.24) is 20.2 Å². The predicted octanol–water partition coefficient (Wildman–Crippen LogP) is 0.512. The van der Waals surface area contributed by atoms with Crippen LogP contribution in [0.1, 0.15) is 25.1 Å². The van der Waals surface area contributed by atoms with Gasteiger partial charge in [0.05, 0.1) is 6.54 Å². The second kappa shape index (κ2) is 5.65. The van der Waals surface area contributed by atoms with Crippen LogP contribution in [0, 0.1) is 0 Å². The Hall–Kier alpha value is -1.36. The minimum atomic E-state index is 0.268. The van der Waals surface area contributed by atoms with Crippen molar-refractivity contribution < 1.29 is 4.79 Å². The summed E-state index contributed by atoms with van der Waals surface area (Å²) in [6.45, 7) is 3.30. The minimum Gasteiger partial charge on any atom is -0.348 e. The van der Waals surface area contributed by atoms with Gasteiger partial charge in [-0.2, -0.15) is 0 Å². The van der Waals surface area contributed by atoms with E-state index in [1.165, 1.54) is 0 Å². The number of amides is 1. The van der Waals surface area contributed by atoms with Crippen LogP contribution in [0.3, 0.4) is 0 Å². The van der Waals surface area contributed by atoms with Gasteiger partial charge in [0, 0.05) is 38.4 Å². The maximum Gasteiger partial charge on any atom is 0.223 e. The van der Waals surface area contributed by atoms with E-state index in [1.54, 1.807) is 12.4 Å². The number of nitrogens with zero attached hydrogens (tertiary/aromatic N) is 2. The van der Waals surface area contributed by atoms with Crippen LogP contribution in [0.15, 0.2) is 12.4 Å². The molecule has 5 nitrogen and oxygen atoms in total. The molecule has 0 saturated carbocycles. The first-order chi connectivity index (χ1) is 7.86. The van der Waals surface area contributed by atoms with Gasteiger partial charge in [0.25, 0.3) is 0 Å². The van der Waals surface area contributed by atoms with Crippen LogP contribution >= 0.6 is 0 Å². The van der Waals surface area contributed by atoms with Gasteiger partial charge in [-0.1, -0.05) is 0 Å². The number of nitrogens with one attached hydrogen (secondary N) is 2. The van der Waals surface area contributed by atoms with E-state index in [2.05, 4.69) is 15.3 Å². The number of hydrogen-bond acceptors (Lipinski definition) is 3. The molecule has 1 aliphatic rings. The van der Waals surface area contributed by atoms with Gasteiger partial charge in [-0.3, -0.25) is 4.79 Å². The largest absolute Gasteiger partial charge is 0.348 e. The highest BCUT2D eigenvalue weighted by atomic mass is 16.2. The van der Waals surface area contributed by atoms with Gasteiger partial charge in [0.15, 0.2) is 0 Å². The molecule has 0 aliphatic carbocycles. The van der Waals surface area contributed by atoms with Crippen LogP contribution in [0.25, 0.3) is 0 Å². The van der Waals surface area contributed by atoms with Gasteiger partial charge in [0.2, 0.25) is 5.91 Å². The molecular formula is C11H18N4O. The summed E-state index contributed by atoms with van der Waals surface area (Å²) in [5.74, 6) is 1.18. The third kappa shape index (κ3) is 3.06. The fraction of sp³-hybridized carbons (Fsp3) is 0.636. The van der Waals surface area contributed by atoms with Gasteiger partial charge in [-0.05, 0) is 12.8 Å². The Bertz CT molecular complexity index is 317. The summed E-state index contributed by atoms with van der Waals surface area (Å²) in [6.07, 6.45) is 6.43. The summed E-state index contributed by atoms with van der Waals surface area (Å²) in [6, 6.07) is 0. The lowest BCUT2D eigenvalue weighted by Crippen LogP contribution is -2.30. The fourth-order valence-electron chi connectivity index (χ4n) is 1.92. The average molecular weight is 222 g/mol. The molecule has 2 heterocycles. The normalized spacial score (nSPS) is 15.6. The zero-order chi connectivity index (χ0) is 11.2. The highest BCUT2D eigenvalue weighted by Crippen LogP contribution is 2.08. The van der Waals surface area contributed by atoms with Crippen LogP contribution in [-0.4, -0.2) is 40.4 Å². The molecule has 0 bridgehead atoms. The van der Waals surface area contributed by atoms with Crippen molar-refractivity contribution >= 4 is 5.91 Å². The fourth-order valence-corrected chi connectivity index (χ4v) is 1.92. The van der Waals surface area contributed by atoms with Gasteiger partial charge in [0.1, 0.15) is 5.82 Å². The number of hydrogen-bond donors (Lipinski definition) is 2. The molecule has 0 spiro atoms. The van der Waals surface area contributed by atoms with Crippen molar-refractivity contribution in [3.63, 3.8) is 0 Å². The van der Waals surface area contributed by atoms with Crippen LogP contribution < -0.4 is 5.32 Å². The van der Waals surface area contributed by atoms with Crippen molar-refractivity contribution in [2.75, 3.05) is 19.6 Å². The molecule has 5 heteroatoms. The highest BCUT2D eigenvalue weighted by Gasteiger charge is 2.16. The quantitative estimate of drug-likeness (QED) is 0.714. The van der Waals surface area contributed by atoms with E-state index in [0.717, 1.165) is 38.3 Å². The second-order valence-electron chi connectivity index (χ2n) is 4.05. The topological polar surface area (TPSA) is 61.0 Å². The molecule has 1 amide bonds. The third-order valence-electron chi connectivity index (χ3n) is 2.82. The summed E-state index contributed by atoms with van der Waals surface area (Å²) in [5.41, 5.74) is 0. The smallest absolute Gasteiger partial charge is 0.223 e. The molecule has 88 valence electrons. The highest BCUT2D eigenvalue weighted by molar-refractivity contribution is 5.76. The van der Waals surface area contributed by atoms with Crippen LogP contribution in [0.4, 0.5) is 0 Å². The first kappa shape index (κ1) is 11.1. The van der Waals surface area contributed by atoms with E-state index in [1.807, 2.05) is 4.90 Å². The molecule has 1 aliphatic heterocycles. The molecule has 2 rings (SSSR count). The van der Waals surface area contributed by atoms with E-state index >= 15 is 0 Å². The molecule has 1 aromatic heterocycles. The Balaban J connectivity index is 1.59. The molecule has 0 atom stereocenters. The Morgan fingerprint density at radius 2 is 2.31 bits per heavy atom. The predicted molar refractivity (Wildman–Crippen MR) is 60.7 cm³/mol. The van der Waals surface area contributed by atoms with Crippen LogP contribution in [0.2, 0.25) is 0 Å². The van der Waals surface area contributed by atoms with Crippen molar-refractivity contribution in [2.24, 2.45) is 0 Å². The first-order valence-electron chi connectivity index (χ1n) is 5.83. The number of imidazole rings is 1. The molecule has 0 aromatic carbocycles. The van der Waals surface area contributed by atoms with Crippen LogP contribution in [0.5, 0.6) is 0 Å². The third-order valence-corrected chi connectivity index (χ3v) is 2.82. The number of aromatic amines is 1. The van der Waals surface area contributed by atoms with E-state index in [4.69, 9.17) is 0 Å². The number of carbonyl (C=O) groups excluding carboxylic acids is 1. The number of carbonyl (C=O) groups is 1. The summed E-state index contributed by atoms with van der Waals surface area (Å²) >= 11 is 0. The van der Waals surface area contributed by atoms with Crippen molar-refractivity contribution in [3.05, 3.63) is 18.2 Å². The molecule has 16 heavy (non-hydrogen) atoms. The Morgan fingerprint density at radius 1 is 1.50 bits per heavy atom. The van der Waals surface area contributed by atoms with Gasteiger partial charge in [-0.25, -0.2) is 4.98 Å². The van der Waals surface area contributed by atoms with Gasteiger partial charge >= 0.3 is 0 Å². The summed E-state index contributed by atoms with van der Waals surface area (Å²) < 4.78 is 0. The zero-order valence-corrected chi connectivity index (χ0v) is 9.41. The number of likely N-dealkylation sites (tertiary alicyclic amines) is 1. The Morgan fingerprint density at radius 3 is 3.00 bits per heavy atom. The molecular weight excluding hydrogens is 204 g/mol. The zero-order valence-electron chi connectivity index (χ0n) is 9.41.